The first-order valence-electron chi connectivity index (χ1n) is 4.58. The molecule has 0 amide bonds. The van der Waals surface area contributed by atoms with E-state index in [0.29, 0.717) is 11.6 Å². The highest BCUT2D eigenvalue weighted by atomic mass is 32.2. The molecule has 0 spiro atoms. The smallest absolute Gasteiger partial charge is 0.222 e. The third kappa shape index (κ3) is 4.11. The van der Waals surface area contributed by atoms with Crippen molar-refractivity contribution in [3.63, 3.8) is 0 Å². The molecule has 2 radical (unpaired) electrons. The molecule has 0 saturated carbocycles. The summed E-state index contributed by atoms with van der Waals surface area (Å²) in [7, 11) is 5.24. The molecule has 5 N–H and O–H groups in total. The number of hydrogen-bond donors (Lipinski definition) is 3. The van der Waals surface area contributed by atoms with Crippen LogP contribution in [0.2, 0.25) is 0 Å². The number of rotatable bonds is 5. The molecular weight excluding hydrogens is 193 g/mol. The van der Waals surface area contributed by atoms with Gasteiger partial charge in [-0.1, -0.05) is 25.8 Å². The Labute approximate surface area is 91.9 Å². The Hall–Kier alpha value is -0.545. The maximum Gasteiger partial charge on any atom is 0.222 e. The van der Waals surface area contributed by atoms with Crippen molar-refractivity contribution in [1.82, 2.24) is 5.23 Å². The van der Waals surface area contributed by atoms with Gasteiger partial charge in [-0.15, -0.1) is 0 Å². The number of nitrogens with two attached hydrogens (primary N) is 2. The molecule has 0 saturated heterocycles. The summed E-state index contributed by atoms with van der Waals surface area (Å²) in [4.78, 5) is 1.07. The van der Waals surface area contributed by atoms with Gasteiger partial charge in [0.15, 0.2) is 0 Å². The SMILES string of the molecule is [B]N/C(C)=C(N)/C=C(/SN)[C@H](C)CC. The summed E-state index contributed by atoms with van der Waals surface area (Å²) in [5, 5.41) is 8.07. The predicted molar refractivity (Wildman–Crippen MR) is 65.1 cm³/mol. The fourth-order valence-electron chi connectivity index (χ4n) is 0.838. The van der Waals surface area contributed by atoms with E-state index in [4.69, 9.17) is 18.9 Å². The lowest BCUT2D eigenvalue weighted by Gasteiger charge is -2.12. The largest absolute Gasteiger partial charge is 0.439 e. The highest BCUT2D eigenvalue weighted by molar-refractivity contribution is 8.00. The molecule has 0 aliphatic rings. The van der Waals surface area contributed by atoms with Gasteiger partial charge in [0.1, 0.15) is 0 Å². The summed E-state index contributed by atoms with van der Waals surface area (Å²) < 4.78 is 0. The molecule has 0 aliphatic carbocycles. The first-order valence-corrected chi connectivity index (χ1v) is 5.46. The van der Waals surface area contributed by atoms with Crippen LogP contribution >= 0.6 is 11.9 Å². The standard InChI is InChI=1S/C9H18BN3S/c1-4-6(2)9(14-12)5-8(11)7(3)13-10/h5-6,13H,4,11-12H2,1-3H3/b8-7-,9-5+/t6-/m1/s1. The minimum atomic E-state index is 0.425. The van der Waals surface area contributed by atoms with Gasteiger partial charge >= 0.3 is 0 Å². The van der Waals surface area contributed by atoms with E-state index in [0.717, 1.165) is 17.0 Å². The Morgan fingerprint density at radius 3 is 2.57 bits per heavy atom. The lowest BCUT2D eigenvalue weighted by atomic mass is 10.1. The van der Waals surface area contributed by atoms with Crippen LogP contribution in [0.4, 0.5) is 0 Å². The van der Waals surface area contributed by atoms with Crippen LogP contribution in [0.3, 0.4) is 0 Å². The van der Waals surface area contributed by atoms with Crippen molar-refractivity contribution in [2.45, 2.75) is 27.2 Å². The second kappa shape index (κ2) is 6.84. The van der Waals surface area contributed by atoms with Crippen LogP contribution in [0.25, 0.3) is 0 Å². The summed E-state index contributed by atoms with van der Waals surface area (Å²) in [5.74, 6) is 0.425. The van der Waals surface area contributed by atoms with Crippen molar-refractivity contribution in [3.8, 4) is 0 Å². The van der Waals surface area contributed by atoms with Gasteiger partial charge in [0, 0.05) is 10.6 Å². The Morgan fingerprint density at radius 1 is 1.64 bits per heavy atom. The van der Waals surface area contributed by atoms with E-state index in [2.05, 4.69) is 19.1 Å². The molecule has 0 bridgehead atoms. The van der Waals surface area contributed by atoms with Crippen LogP contribution in [0.1, 0.15) is 27.2 Å². The molecule has 3 nitrogen and oxygen atoms in total. The van der Waals surface area contributed by atoms with E-state index < -0.39 is 0 Å². The molecule has 5 heteroatoms. The molecule has 0 aromatic rings. The van der Waals surface area contributed by atoms with Crippen molar-refractivity contribution >= 4 is 19.9 Å². The van der Waals surface area contributed by atoms with Gasteiger partial charge in [-0.25, -0.2) is 0 Å². The summed E-state index contributed by atoms with van der Waals surface area (Å²) in [6, 6.07) is 0. The first-order chi connectivity index (χ1) is 6.56. The monoisotopic (exact) mass is 211 g/mol. The average Bonchev–Trinajstić information content (AvgIpc) is 2.22. The third-order valence-corrected chi connectivity index (χ3v) is 2.97. The van der Waals surface area contributed by atoms with Crippen LogP contribution in [-0.4, -0.2) is 7.98 Å². The number of nitrogens with one attached hydrogen (secondary N) is 1. The second-order valence-electron chi connectivity index (χ2n) is 3.20. The molecule has 0 aliphatic heterocycles. The van der Waals surface area contributed by atoms with Gasteiger partial charge in [-0.05, 0) is 25.3 Å². The van der Waals surface area contributed by atoms with E-state index in [1.165, 1.54) is 11.9 Å². The molecule has 0 unspecified atom stereocenters. The van der Waals surface area contributed by atoms with Crippen LogP contribution in [0.15, 0.2) is 22.4 Å². The molecule has 0 heterocycles. The Balaban J connectivity index is 4.76. The van der Waals surface area contributed by atoms with Crippen molar-refractivity contribution in [3.05, 3.63) is 22.4 Å². The third-order valence-electron chi connectivity index (χ3n) is 2.18. The normalized spacial score (nSPS) is 16.1. The van der Waals surface area contributed by atoms with Gasteiger partial charge < -0.3 is 11.0 Å². The van der Waals surface area contributed by atoms with E-state index in [1.54, 1.807) is 0 Å². The lowest BCUT2D eigenvalue weighted by Crippen LogP contribution is -2.12. The zero-order chi connectivity index (χ0) is 11.1. The average molecular weight is 211 g/mol. The Morgan fingerprint density at radius 2 is 2.21 bits per heavy atom. The zero-order valence-corrected chi connectivity index (χ0v) is 9.82. The molecule has 78 valence electrons. The second-order valence-corrected chi connectivity index (χ2v) is 3.91. The summed E-state index contributed by atoms with van der Waals surface area (Å²) in [5.41, 5.74) is 7.16. The summed E-state index contributed by atoms with van der Waals surface area (Å²) in [6.45, 7) is 6.05. The maximum absolute atomic E-state index is 5.79. The van der Waals surface area contributed by atoms with E-state index in [1.807, 2.05) is 13.0 Å². The minimum absolute atomic E-state index is 0.425. The highest BCUT2D eigenvalue weighted by Crippen LogP contribution is 2.23. The summed E-state index contributed by atoms with van der Waals surface area (Å²) in [6.07, 6.45) is 2.91. The van der Waals surface area contributed by atoms with Crippen LogP contribution < -0.4 is 16.1 Å². The van der Waals surface area contributed by atoms with E-state index in [9.17, 15) is 0 Å². The minimum Gasteiger partial charge on any atom is -0.439 e. The van der Waals surface area contributed by atoms with Gasteiger partial charge in [0.25, 0.3) is 0 Å². The molecule has 1 atom stereocenters. The molecule has 0 rings (SSSR count). The van der Waals surface area contributed by atoms with Crippen LogP contribution in [0.5, 0.6) is 0 Å². The van der Waals surface area contributed by atoms with Crippen molar-refractivity contribution in [2.24, 2.45) is 16.8 Å². The first kappa shape index (κ1) is 13.5. The highest BCUT2D eigenvalue weighted by Gasteiger charge is 2.06. The fraction of sp³-hybridized carbons (Fsp3) is 0.556. The molecular formula is C9H18BN3S. The lowest BCUT2D eigenvalue weighted by molar-refractivity contribution is 0.686. The van der Waals surface area contributed by atoms with Crippen LogP contribution in [-0.2, 0) is 0 Å². The maximum atomic E-state index is 5.79. The molecule has 0 fully saturated rings. The van der Waals surface area contributed by atoms with Crippen LogP contribution in [0, 0.1) is 5.92 Å². The number of hydrogen-bond acceptors (Lipinski definition) is 4. The van der Waals surface area contributed by atoms with Gasteiger partial charge in [-0.3, -0.25) is 5.14 Å². The van der Waals surface area contributed by atoms with Gasteiger partial charge in [0.05, 0.1) is 5.70 Å². The van der Waals surface area contributed by atoms with Crippen molar-refractivity contribution in [2.75, 3.05) is 0 Å². The van der Waals surface area contributed by atoms with Gasteiger partial charge in [0.2, 0.25) is 7.98 Å². The predicted octanol–water partition coefficient (Wildman–Crippen LogP) is 1.39. The Bertz CT molecular complexity index is 238. The Kier molecular flexibility index (Phi) is 6.58. The van der Waals surface area contributed by atoms with Gasteiger partial charge in [-0.2, -0.15) is 0 Å². The van der Waals surface area contributed by atoms with E-state index in [-0.39, 0.29) is 0 Å². The molecule has 0 aromatic heterocycles. The summed E-state index contributed by atoms with van der Waals surface area (Å²) >= 11 is 1.24. The molecule has 14 heavy (non-hydrogen) atoms. The number of allylic oxidation sites excluding steroid dienone is 3. The quantitative estimate of drug-likeness (QED) is 0.365. The molecule has 0 aromatic carbocycles. The van der Waals surface area contributed by atoms with Crippen molar-refractivity contribution in [1.29, 1.82) is 0 Å². The topological polar surface area (TPSA) is 64.1 Å². The zero-order valence-electron chi connectivity index (χ0n) is 9.00. The van der Waals surface area contributed by atoms with Crippen molar-refractivity contribution < 1.29 is 0 Å². The fourth-order valence-corrected chi connectivity index (χ4v) is 1.43. The van der Waals surface area contributed by atoms with E-state index >= 15 is 0 Å².